The van der Waals surface area contributed by atoms with Crippen LogP contribution in [0.15, 0.2) is 30.3 Å². The zero-order valence-electron chi connectivity index (χ0n) is 13.1. The van der Waals surface area contributed by atoms with E-state index in [9.17, 15) is 26.3 Å². The largest absolute Gasteiger partial charge is 0.416 e. The Morgan fingerprint density at radius 2 is 1.37 bits per heavy atom. The quantitative estimate of drug-likeness (QED) is 0.508. The molecule has 0 aliphatic carbocycles. The van der Waals surface area contributed by atoms with E-state index >= 15 is 0 Å². The number of nitrogens with zero attached hydrogens (tertiary/aromatic N) is 2. The summed E-state index contributed by atoms with van der Waals surface area (Å²) >= 11 is 11.8. The Kier molecular flexibility index (Phi) is 4.72. The molecule has 11 heteroatoms. The highest BCUT2D eigenvalue weighted by Gasteiger charge is 2.37. The minimum atomic E-state index is -4.94. The number of fused-ring (bicyclic) bond motifs is 1. The molecule has 0 saturated heterocycles. The number of halogens is 8. The molecule has 1 heterocycles. The van der Waals surface area contributed by atoms with E-state index in [-0.39, 0.29) is 34.2 Å². The second kappa shape index (κ2) is 6.49. The Bertz CT molecular complexity index is 991. The number of nitrogen functional groups attached to an aromatic ring is 1. The number of nitrogens with two attached hydrogens (primary N) is 1. The summed E-state index contributed by atoms with van der Waals surface area (Å²) in [7, 11) is 0. The molecule has 1 aromatic heterocycles. The van der Waals surface area contributed by atoms with Crippen molar-refractivity contribution in [3.63, 3.8) is 0 Å². The normalized spacial score (nSPS) is 12.7. The second-order valence-corrected chi connectivity index (χ2v) is 6.54. The summed E-state index contributed by atoms with van der Waals surface area (Å²) in [5.41, 5.74) is 3.35. The Balaban J connectivity index is 2.14. The van der Waals surface area contributed by atoms with Crippen molar-refractivity contribution in [2.45, 2.75) is 18.9 Å². The van der Waals surface area contributed by atoms with E-state index in [4.69, 9.17) is 28.9 Å². The average molecular weight is 428 g/mol. The fourth-order valence-corrected chi connectivity index (χ4v) is 2.91. The first-order valence-corrected chi connectivity index (χ1v) is 8.01. The number of anilines is 1. The predicted octanol–water partition coefficient (Wildman–Crippen LogP) is 6.01. The SMILES string of the molecule is Nc1nc2cc(Cl)c(Cl)cc2n1Cc1cc(C(F)(F)F)cc(C(F)(F)F)c1. The van der Waals surface area contributed by atoms with Gasteiger partial charge in [0.25, 0.3) is 0 Å². The average Bonchev–Trinajstić information content (AvgIpc) is 2.81. The van der Waals surface area contributed by atoms with Crippen LogP contribution in [0.4, 0.5) is 32.3 Å². The van der Waals surface area contributed by atoms with Crippen molar-refractivity contribution in [1.29, 1.82) is 0 Å². The number of benzene rings is 2. The Labute approximate surface area is 158 Å². The van der Waals surface area contributed by atoms with Crippen LogP contribution in [0.2, 0.25) is 10.0 Å². The van der Waals surface area contributed by atoms with Crippen LogP contribution in [-0.4, -0.2) is 9.55 Å². The molecule has 144 valence electrons. The van der Waals surface area contributed by atoms with Crippen LogP contribution in [0, 0.1) is 0 Å². The molecule has 0 fully saturated rings. The predicted molar refractivity (Wildman–Crippen MR) is 89.7 cm³/mol. The van der Waals surface area contributed by atoms with Gasteiger partial charge in [-0.3, -0.25) is 0 Å². The molecule has 2 aromatic carbocycles. The standard InChI is InChI=1S/C16H9Cl2F6N3/c17-10-4-12-13(5-11(10)18)27(14(25)26-12)6-7-1-8(15(19,20)21)3-9(2-7)16(22,23)24/h1-5H,6H2,(H2,25,26). The molecule has 3 rings (SSSR count). The second-order valence-electron chi connectivity index (χ2n) is 5.73. The minimum absolute atomic E-state index is 0.0650. The molecule has 3 nitrogen and oxygen atoms in total. The van der Waals surface area contributed by atoms with Crippen molar-refractivity contribution in [3.05, 3.63) is 57.1 Å². The van der Waals surface area contributed by atoms with E-state index in [1.165, 1.54) is 16.7 Å². The third-order valence-corrected chi connectivity index (χ3v) is 4.53. The molecule has 0 unspecified atom stereocenters. The fraction of sp³-hybridized carbons (Fsp3) is 0.188. The molecule has 0 aliphatic heterocycles. The van der Waals surface area contributed by atoms with Crippen LogP contribution in [0.5, 0.6) is 0 Å². The maximum Gasteiger partial charge on any atom is 0.416 e. The summed E-state index contributed by atoms with van der Waals surface area (Å²) in [6.07, 6.45) is -9.87. The Morgan fingerprint density at radius 3 is 1.89 bits per heavy atom. The summed E-state index contributed by atoms with van der Waals surface area (Å²) < 4.78 is 79.3. The molecule has 0 radical (unpaired) electrons. The first-order chi connectivity index (χ1) is 12.4. The molecule has 3 aromatic rings. The lowest BCUT2D eigenvalue weighted by molar-refractivity contribution is -0.143. The van der Waals surface area contributed by atoms with Crippen LogP contribution >= 0.6 is 23.2 Å². The maximum absolute atomic E-state index is 13.0. The highest BCUT2D eigenvalue weighted by molar-refractivity contribution is 6.42. The number of aromatic nitrogens is 2. The van der Waals surface area contributed by atoms with Gasteiger partial charge in [-0.2, -0.15) is 26.3 Å². The van der Waals surface area contributed by atoms with Gasteiger partial charge in [-0.15, -0.1) is 0 Å². The molecule has 0 saturated carbocycles. The number of rotatable bonds is 2. The zero-order valence-corrected chi connectivity index (χ0v) is 14.6. The number of alkyl halides is 6. The highest BCUT2D eigenvalue weighted by atomic mass is 35.5. The van der Waals surface area contributed by atoms with Crippen molar-refractivity contribution < 1.29 is 26.3 Å². The van der Waals surface area contributed by atoms with Gasteiger partial charge in [0.05, 0.1) is 38.8 Å². The molecule has 0 bridgehead atoms. The topological polar surface area (TPSA) is 43.8 Å². The van der Waals surface area contributed by atoms with Gasteiger partial charge in [0.2, 0.25) is 5.95 Å². The molecule has 0 atom stereocenters. The lowest BCUT2D eigenvalue weighted by atomic mass is 10.0. The lowest BCUT2D eigenvalue weighted by Gasteiger charge is -2.15. The van der Waals surface area contributed by atoms with Crippen LogP contribution in [0.1, 0.15) is 16.7 Å². The molecular formula is C16H9Cl2F6N3. The van der Waals surface area contributed by atoms with Crippen molar-refractivity contribution in [2.75, 3.05) is 5.73 Å². The van der Waals surface area contributed by atoms with E-state index in [1.807, 2.05) is 0 Å². The molecule has 0 spiro atoms. The third-order valence-electron chi connectivity index (χ3n) is 3.81. The molecular weight excluding hydrogens is 419 g/mol. The Hall–Kier alpha value is -2.13. The summed E-state index contributed by atoms with van der Waals surface area (Å²) in [5, 5.41) is 0.331. The van der Waals surface area contributed by atoms with Crippen molar-refractivity contribution >= 4 is 40.2 Å². The van der Waals surface area contributed by atoms with Crippen LogP contribution in [0.3, 0.4) is 0 Å². The molecule has 2 N–H and O–H groups in total. The molecule has 27 heavy (non-hydrogen) atoms. The van der Waals surface area contributed by atoms with Crippen LogP contribution in [-0.2, 0) is 18.9 Å². The summed E-state index contributed by atoms with van der Waals surface area (Å²) in [4.78, 5) is 4.01. The first kappa shape index (κ1) is 19.6. The van der Waals surface area contributed by atoms with E-state index < -0.39 is 23.5 Å². The Morgan fingerprint density at radius 1 is 0.852 bits per heavy atom. The van der Waals surface area contributed by atoms with Gasteiger partial charge < -0.3 is 10.3 Å². The number of hydrogen-bond donors (Lipinski definition) is 1. The van der Waals surface area contributed by atoms with Crippen LogP contribution in [0.25, 0.3) is 11.0 Å². The van der Waals surface area contributed by atoms with Crippen molar-refractivity contribution in [3.8, 4) is 0 Å². The van der Waals surface area contributed by atoms with Gasteiger partial charge in [-0.1, -0.05) is 23.2 Å². The number of hydrogen-bond acceptors (Lipinski definition) is 2. The van der Waals surface area contributed by atoms with E-state index in [0.29, 0.717) is 23.2 Å². The van der Waals surface area contributed by atoms with E-state index in [1.54, 1.807) is 0 Å². The summed E-state index contributed by atoms with van der Waals surface area (Å²) in [6, 6.07) is 4.13. The monoisotopic (exact) mass is 427 g/mol. The maximum atomic E-state index is 13.0. The van der Waals surface area contributed by atoms with Gasteiger partial charge in [0, 0.05) is 0 Å². The van der Waals surface area contributed by atoms with E-state index in [0.717, 1.165) is 0 Å². The van der Waals surface area contributed by atoms with Gasteiger partial charge in [-0.25, -0.2) is 4.98 Å². The van der Waals surface area contributed by atoms with Crippen LogP contribution < -0.4 is 5.73 Å². The smallest absolute Gasteiger partial charge is 0.369 e. The molecule has 0 aliphatic rings. The third kappa shape index (κ3) is 3.93. The van der Waals surface area contributed by atoms with Gasteiger partial charge in [-0.05, 0) is 35.9 Å². The van der Waals surface area contributed by atoms with Crippen molar-refractivity contribution in [2.24, 2.45) is 0 Å². The highest BCUT2D eigenvalue weighted by Crippen LogP contribution is 2.37. The van der Waals surface area contributed by atoms with E-state index in [2.05, 4.69) is 4.98 Å². The van der Waals surface area contributed by atoms with Gasteiger partial charge >= 0.3 is 12.4 Å². The fourth-order valence-electron chi connectivity index (χ4n) is 2.60. The number of imidazole rings is 1. The molecule has 0 amide bonds. The van der Waals surface area contributed by atoms with Gasteiger partial charge in [0.15, 0.2) is 0 Å². The minimum Gasteiger partial charge on any atom is -0.369 e. The summed E-state index contributed by atoms with van der Waals surface area (Å²) in [5.74, 6) is -0.102. The lowest BCUT2D eigenvalue weighted by Crippen LogP contribution is -2.13. The first-order valence-electron chi connectivity index (χ1n) is 7.25. The zero-order chi connectivity index (χ0) is 20.1. The van der Waals surface area contributed by atoms with Crippen molar-refractivity contribution in [1.82, 2.24) is 9.55 Å². The van der Waals surface area contributed by atoms with Gasteiger partial charge in [0.1, 0.15) is 0 Å². The summed E-state index contributed by atoms with van der Waals surface area (Å²) in [6.45, 7) is -0.368.